The van der Waals surface area contributed by atoms with Crippen LogP contribution in [-0.2, 0) is 47.4 Å². The van der Waals surface area contributed by atoms with Gasteiger partial charge in [-0.2, -0.15) is 0 Å². The van der Waals surface area contributed by atoms with Crippen LogP contribution in [0.2, 0.25) is 0 Å². The first-order valence-electron chi connectivity index (χ1n) is 17.6. The third-order valence-corrected chi connectivity index (χ3v) is 9.80. The van der Waals surface area contributed by atoms with Crippen LogP contribution in [0.15, 0.2) is 60.7 Å². The van der Waals surface area contributed by atoms with Gasteiger partial charge in [-0.15, -0.1) is 0 Å². The molecular formula is C38H48O14. The van der Waals surface area contributed by atoms with Gasteiger partial charge in [0.05, 0.1) is 11.1 Å². The van der Waals surface area contributed by atoms with Gasteiger partial charge >= 0.3 is 11.9 Å². The van der Waals surface area contributed by atoms with E-state index in [2.05, 4.69) is 0 Å². The molecule has 4 aliphatic heterocycles. The highest BCUT2D eigenvalue weighted by atomic mass is 16.8. The Bertz CT molecular complexity index is 1430. The standard InChI is InChI=1S/2C19H24O7/c2*1-18(2)23-12-11(20)13-16(26-19(3,4)24-13)14(15(12)25-18)22-17(21)10-8-6-5-7-9-10/h2*5-9,11-16,20H,1-4H3/t2*11?,12-,13+,14?,15-,16+. The van der Waals surface area contributed by atoms with Gasteiger partial charge in [-0.05, 0) is 79.7 Å². The van der Waals surface area contributed by atoms with Gasteiger partial charge in [-0.3, -0.25) is 0 Å². The lowest BCUT2D eigenvalue weighted by Gasteiger charge is -2.40. The number of ether oxygens (including phenoxy) is 10. The molecule has 0 spiro atoms. The number of rotatable bonds is 4. The lowest BCUT2D eigenvalue weighted by atomic mass is 9.85. The van der Waals surface area contributed by atoms with Crippen molar-refractivity contribution in [3.05, 3.63) is 71.8 Å². The number of esters is 2. The summed E-state index contributed by atoms with van der Waals surface area (Å²) in [5.41, 5.74) is 0.867. The second kappa shape index (κ2) is 13.4. The maximum atomic E-state index is 12.6. The SMILES string of the molecule is CC1(C)O[C@@H]2C(OC(=O)c3ccccc3)[C@@H]3OC(C)(C)O[C@@H]3C(O)[C@@H]2O1.CC1(C)O[C@@H]2C(OC(=O)c3ccccc3)[C@@H]3OC(C)(C)O[C@@H]3C(O)[C@@H]2O1. The van der Waals surface area contributed by atoms with Gasteiger partial charge in [0.2, 0.25) is 0 Å². The van der Waals surface area contributed by atoms with Crippen LogP contribution in [0.4, 0.5) is 0 Å². The van der Waals surface area contributed by atoms with E-state index in [1.807, 2.05) is 12.1 Å². The van der Waals surface area contributed by atoms with E-state index >= 15 is 0 Å². The van der Waals surface area contributed by atoms with E-state index in [0.29, 0.717) is 11.1 Å². The molecule has 2 aromatic rings. The van der Waals surface area contributed by atoms with Crippen molar-refractivity contribution in [2.45, 2.75) is 152 Å². The van der Waals surface area contributed by atoms with Crippen molar-refractivity contribution >= 4 is 11.9 Å². The molecule has 2 N–H and O–H groups in total. The summed E-state index contributed by atoms with van der Waals surface area (Å²) in [7, 11) is 0. The Hall–Kier alpha value is -3.02. The van der Waals surface area contributed by atoms with Crippen LogP contribution in [0.1, 0.15) is 76.1 Å². The summed E-state index contributed by atoms with van der Waals surface area (Å²) in [4.78, 5) is 25.2. The summed E-state index contributed by atoms with van der Waals surface area (Å²) < 4.78 is 58.8. The number of hydrogen-bond donors (Lipinski definition) is 2. The van der Waals surface area contributed by atoms with Crippen molar-refractivity contribution in [3.8, 4) is 0 Å². The van der Waals surface area contributed by atoms with E-state index < -0.39 is 108 Å². The van der Waals surface area contributed by atoms with Gasteiger partial charge in [-0.1, -0.05) is 36.4 Å². The van der Waals surface area contributed by atoms with Crippen molar-refractivity contribution in [3.63, 3.8) is 0 Å². The average Bonchev–Trinajstić information content (AvgIpc) is 3.80. The second-order valence-electron chi connectivity index (χ2n) is 15.7. The zero-order valence-corrected chi connectivity index (χ0v) is 30.5. The molecule has 4 saturated heterocycles. The minimum atomic E-state index is -0.944. The van der Waals surface area contributed by atoms with Crippen molar-refractivity contribution in [2.75, 3.05) is 0 Å². The number of hydrogen-bond acceptors (Lipinski definition) is 14. The molecule has 2 aliphatic carbocycles. The van der Waals surface area contributed by atoms with Crippen LogP contribution in [0, 0.1) is 0 Å². The van der Waals surface area contributed by atoms with Crippen molar-refractivity contribution in [1.82, 2.24) is 0 Å². The van der Waals surface area contributed by atoms with E-state index in [4.69, 9.17) is 47.4 Å². The predicted molar refractivity (Wildman–Crippen MR) is 179 cm³/mol. The topological polar surface area (TPSA) is 167 Å². The number of aliphatic hydroxyl groups excluding tert-OH is 2. The lowest BCUT2D eigenvalue weighted by Crippen LogP contribution is -2.62. The summed E-state index contributed by atoms with van der Waals surface area (Å²) in [5.74, 6) is -4.56. The van der Waals surface area contributed by atoms with Crippen LogP contribution >= 0.6 is 0 Å². The molecule has 14 heteroatoms. The number of carbonyl (C=O) groups is 2. The Kier molecular flexibility index (Phi) is 9.59. The Morgan fingerprint density at radius 1 is 0.442 bits per heavy atom. The lowest BCUT2D eigenvalue weighted by molar-refractivity contribution is -0.183. The fourth-order valence-electron chi connectivity index (χ4n) is 7.89. The van der Waals surface area contributed by atoms with Crippen molar-refractivity contribution in [2.24, 2.45) is 0 Å². The molecule has 0 bridgehead atoms. The summed E-state index contributed by atoms with van der Waals surface area (Å²) in [5, 5.41) is 21.5. The molecule has 14 nitrogen and oxygen atoms in total. The summed E-state index contributed by atoms with van der Waals surface area (Å²) in [6.07, 6.45) is -8.67. The van der Waals surface area contributed by atoms with Gasteiger partial charge in [0.1, 0.15) is 61.0 Å². The molecule has 2 aromatic carbocycles. The minimum Gasteiger partial charge on any atom is -0.453 e. The Balaban J connectivity index is 0.000000162. The molecule has 284 valence electrons. The van der Waals surface area contributed by atoms with Crippen LogP contribution in [0.5, 0.6) is 0 Å². The minimum absolute atomic E-state index is 0.433. The van der Waals surface area contributed by atoms with E-state index in [1.54, 1.807) is 104 Å². The van der Waals surface area contributed by atoms with Crippen LogP contribution < -0.4 is 0 Å². The first-order chi connectivity index (χ1) is 24.3. The summed E-state index contributed by atoms with van der Waals surface area (Å²) >= 11 is 0. The summed E-state index contributed by atoms with van der Waals surface area (Å²) in [6, 6.07) is 17.4. The molecular weight excluding hydrogens is 680 g/mol. The highest BCUT2D eigenvalue weighted by Gasteiger charge is 2.66. The normalized spacial score (nSPS) is 39.9. The maximum Gasteiger partial charge on any atom is 0.338 e. The first-order valence-corrected chi connectivity index (χ1v) is 17.6. The zero-order chi connectivity index (χ0) is 37.4. The Labute approximate surface area is 302 Å². The van der Waals surface area contributed by atoms with Crippen molar-refractivity contribution < 1.29 is 67.2 Å². The smallest absolute Gasteiger partial charge is 0.338 e. The molecule has 12 atom stereocenters. The van der Waals surface area contributed by atoms with Crippen molar-refractivity contribution in [1.29, 1.82) is 0 Å². The fourth-order valence-corrected chi connectivity index (χ4v) is 7.89. The molecule has 6 fully saturated rings. The Morgan fingerprint density at radius 3 is 0.923 bits per heavy atom. The van der Waals surface area contributed by atoms with Gasteiger partial charge in [-0.25, -0.2) is 9.59 Å². The molecule has 4 unspecified atom stereocenters. The molecule has 0 radical (unpaired) electrons. The molecule has 0 amide bonds. The molecule has 52 heavy (non-hydrogen) atoms. The van der Waals surface area contributed by atoms with E-state index in [9.17, 15) is 19.8 Å². The van der Waals surface area contributed by atoms with Crippen LogP contribution in [0.25, 0.3) is 0 Å². The van der Waals surface area contributed by atoms with E-state index in [1.165, 1.54) is 0 Å². The Morgan fingerprint density at radius 2 is 0.673 bits per heavy atom. The highest BCUT2D eigenvalue weighted by Crippen LogP contribution is 2.47. The summed E-state index contributed by atoms with van der Waals surface area (Å²) in [6.45, 7) is 14.1. The van der Waals surface area contributed by atoms with Crippen LogP contribution in [0.3, 0.4) is 0 Å². The molecule has 0 aromatic heterocycles. The van der Waals surface area contributed by atoms with Crippen LogP contribution in [-0.4, -0.2) is 119 Å². The van der Waals surface area contributed by atoms with Gasteiger partial charge in [0.25, 0.3) is 0 Å². The third kappa shape index (κ3) is 7.26. The molecule has 4 heterocycles. The van der Waals surface area contributed by atoms with Gasteiger partial charge < -0.3 is 57.6 Å². The number of carbonyl (C=O) groups excluding carboxylic acids is 2. The second-order valence-corrected chi connectivity index (χ2v) is 15.7. The van der Waals surface area contributed by atoms with Gasteiger partial charge in [0.15, 0.2) is 35.4 Å². The molecule has 8 rings (SSSR count). The van der Waals surface area contributed by atoms with E-state index in [0.717, 1.165) is 0 Å². The maximum absolute atomic E-state index is 12.6. The number of fused-ring (bicyclic) bond motifs is 4. The van der Waals surface area contributed by atoms with E-state index in [-0.39, 0.29) is 0 Å². The quantitative estimate of drug-likeness (QED) is 0.441. The number of aliphatic hydroxyl groups is 2. The molecule has 2 saturated carbocycles. The number of benzene rings is 2. The average molecular weight is 729 g/mol. The predicted octanol–water partition coefficient (Wildman–Crippen LogP) is 3.25. The third-order valence-electron chi connectivity index (χ3n) is 9.80. The highest BCUT2D eigenvalue weighted by molar-refractivity contribution is 5.90. The largest absolute Gasteiger partial charge is 0.453 e. The molecule has 6 aliphatic rings. The van der Waals surface area contributed by atoms with Gasteiger partial charge in [0, 0.05) is 0 Å². The first kappa shape index (κ1) is 37.3. The monoisotopic (exact) mass is 728 g/mol. The fraction of sp³-hybridized carbons (Fsp3) is 0.632. The zero-order valence-electron chi connectivity index (χ0n) is 30.5.